The Morgan fingerprint density at radius 3 is 1.63 bits per heavy atom. The van der Waals surface area contributed by atoms with Crippen LogP contribution in [0.4, 0.5) is 9.59 Å². The highest BCUT2D eigenvalue weighted by Gasteiger charge is 2.35. The number of ether oxygens (including phenoxy) is 4. The van der Waals surface area contributed by atoms with E-state index in [1.165, 1.54) is 0 Å². The van der Waals surface area contributed by atoms with Crippen molar-refractivity contribution in [3.8, 4) is 0 Å². The van der Waals surface area contributed by atoms with Crippen molar-refractivity contribution < 1.29 is 28.5 Å². The molecule has 2 saturated heterocycles. The lowest BCUT2D eigenvalue weighted by Crippen LogP contribution is -2.44. The number of halogens is 2. The van der Waals surface area contributed by atoms with Crippen LogP contribution in [0.1, 0.15) is 102 Å². The van der Waals surface area contributed by atoms with E-state index in [0.29, 0.717) is 56.0 Å². The number of carbonyl (C=O) groups excluding carboxylic acids is 2. The first-order valence-corrected chi connectivity index (χ1v) is 19.6. The summed E-state index contributed by atoms with van der Waals surface area (Å²) in [6.45, 7) is 19.4. The van der Waals surface area contributed by atoms with Crippen LogP contribution < -0.4 is 5.73 Å². The van der Waals surface area contributed by atoms with E-state index in [2.05, 4.69) is 16.9 Å². The highest BCUT2D eigenvalue weighted by Crippen LogP contribution is 2.37. The van der Waals surface area contributed by atoms with E-state index in [1.807, 2.05) is 84.9 Å². The molecule has 2 N–H and O–H groups in total. The molecular formula is C40H60Cl2N6O6. The molecule has 300 valence electrons. The van der Waals surface area contributed by atoms with E-state index in [9.17, 15) is 9.59 Å². The van der Waals surface area contributed by atoms with Crippen LogP contribution in [0.3, 0.4) is 0 Å². The summed E-state index contributed by atoms with van der Waals surface area (Å²) in [6.07, 6.45) is 2.78. The lowest BCUT2D eigenvalue weighted by Gasteiger charge is -2.38. The normalized spacial score (nSPS) is 18.8. The van der Waals surface area contributed by atoms with Gasteiger partial charge in [-0.2, -0.15) is 0 Å². The minimum Gasteiger partial charge on any atom is -0.444 e. The monoisotopic (exact) mass is 790 g/mol. The van der Waals surface area contributed by atoms with Crippen LogP contribution >= 0.6 is 23.2 Å². The van der Waals surface area contributed by atoms with Gasteiger partial charge in [0.25, 0.3) is 0 Å². The maximum Gasteiger partial charge on any atom is 0.410 e. The van der Waals surface area contributed by atoms with Crippen molar-refractivity contribution in [2.45, 2.75) is 104 Å². The van der Waals surface area contributed by atoms with Crippen molar-refractivity contribution in [2.24, 2.45) is 22.7 Å². The molecule has 54 heavy (non-hydrogen) atoms. The zero-order valence-corrected chi connectivity index (χ0v) is 34.8. The van der Waals surface area contributed by atoms with Crippen LogP contribution in [0.5, 0.6) is 0 Å². The maximum absolute atomic E-state index is 12.5. The first-order chi connectivity index (χ1) is 25.4. The summed E-state index contributed by atoms with van der Waals surface area (Å²) in [7, 11) is 0. The number of benzene rings is 2. The minimum atomic E-state index is -0.529. The third-order valence-corrected chi connectivity index (χ3v) is 9.61. The summed E-state index contributed by atoms with van der Waals surface area (Å²) in [5.74, 6) is 0.282. The first-order valence-electron chi connectivity index (χ1n) is 18.8. The lowest BCUT2D eigenvalue weighted by molar-refractivity contribution is -0.0240. The molecule has 0 aliphatic carbocycles. The second-order valence-corrected chi connectivity index (χ2v) is 16.9. The fraction of sp³-hybridized carbons (Fsp3) is 0.650. The molecule has 2 aromatic carbocycles. The predicted molar refractivity (Wildman–Crippen MR) is 214 cm³/mol. The number of carbonyl (C=O) groups is 2. The SMILES string of the molecule is Cc1ccc(Cl)cc1[C@H](OCCN)[C@@H]1CCCN(C(=O)OC(C)(C)C)C1.Cc1ccc(Cl)cc1[C@H](OCCN=[N+]=[N-])[C@@H]1CCCN(C(=O)OC(C)(C)C)C1. The molecule has 0 aromatic heterocycles. The lowest BCUT2D eigenvalue weighted by atomic mass is 9.86. The minimum absolute atomic E-state index is 0.101. The molecule has 2 heterocycles. The second kappa shape index (κ2) is 21.2. The molecular weight excluding hydrogens is 731 g/mol. The number of hydrogen-bond acceptors (Lipinski definition) is 8. The topological polar surface area (TPSA) is 152 Å². The van der Waals surface area contributed by atoms with E-state index >= 15 is 0 Å². The van der Waals surface area contributed by atoms with Crippen LogP contribution in [-0.2, 0) is 18.9 Å². The third-order valence-electron chi connectivity index (χ3n) is 9.14. The quantitative estimate of drug-likeness (QED) is 0.103. The zero-order valence-electron chi connectivity index (χ0n) is 33.3. The van der Waals surface area contributed by atoms with Gasteiger partial charge in [-0.3, -0.25) is 0 Å². The van der Waals surface area contributed by atoms with Crippen LogP contribution in [0.25, 0.3) is 10.4 Å². The Labute approximate surface area is 331 Å². The van der Waals surface area contributed by atoms with E-state index in [-0.39, 0.29) is 42.8 Å². The Balaban J connectivity index is 0.000000291. The van der Waals surface area contributed by atoms with Gasteiger partial charge in [0.15, 0.2) is 0 Å². The second-order valence-electron chi connectivity index (χ2n) is 16.0. The van der Waals surface area contributed by atoms with E-state index in [0.717, 1.165) is 47.9 Å². The molecule has 2 aliphatic heterocycles. The molecule has 0 unspecified atom stereocenters. The predicted octanol–water partition coefficient (Wildman–Crippen LogP) is 9.98. The fourth-order valence-corrected chi connectivity index (χ4v) is 7.12. The number of nitrogens with zero attached hydrogens (tertiary/aromatic N) is 5. The molecule has 2 aromatic rings. The first kappa shape index (κ1) is 45.1. The van der Waals surface area contributed by atoms with Crippen molar-refractivity contribution in [2.75, 3.05) is 52.5 Å². The standard InChI is InChI=1S/C20H29ClN4O3.C20H31ClN2O3/c1-14-7-8-16(21)12-17(14)18(27-11-9-23-24-22)15-6-5-10-25(13-15)19(26)28-20(2,3)4;1-14-7-8-16(21)12-17(14)18(25-11-9-22)15-6-5-10-23(13-15)19(24)26-20(2,3)4/h7-8,12,15,18H,5-6,9-11,13H2,1-4H3;7-8,12,15,18H,5-6,9-11,13,22H2,1-4H3/t2*15-,18-/m11/s1. The number of hydrogen-bond donors (Lipinski definition) is 1. The molecule has 2 fully saturated rings. The average Bonchev–Trinajstić information content (AvgIpc) is 3.10. The molecule has 4 atom stereocenters. The Morgan fingerprint density at radius 1 is 0.815 bits per heavy atom. The number of likely N-dealkylation sites (tertiary alicyclic amines) is 2. The maximum atomic E-state index is 12.5. The molecule has 0 saturated carbocycles. The van der Waals surface area contributed by atoms with Crippen LogP contribution in [-0.4, -0.2) is 85.7 Å². The Bertz CT molecular complexity index is 1570. The summed E-state index contributed by atoms with van der Waals surface area (Å²) < 4.78 is 23.3. The average molecular weight is 792 g/mol. The van der Waals surface area contributed by atoms with Gasteiger partial charge in [0.2, 0.25) is 0 Å². The van der Waals surface area contributed by atoms with Gasteiger partial charge in [0.1, 0.15) is 11.2 Å². The van der Waals surface area contributed by atoms with Gasteiger partial charge in [0.05, 0.1) is 25.4 Å². The summed E-state index contributed by atoms with van der Waals surface area (Å²) >= 11 is 12.4. The molecule has 14 heteroatoms. The summed E-state index contributed by atoms with van der Waals surface area (Å²) in [5.41, 5.74) is 17.4. The van der Waals surface area contributed by atoms with Crippen molar-refractivity contribution in [3.05, 3.63) is 79.1 Å². The van der Waals surface area contributed by atoms with Crippen LogP contribution in [0.15, 0.2) is 41.5 Å². The Kier molecular flexibility index (Phi) is 17.7. The van der Waals surface area contributed by atoms with Gasteiger partial charge in [-0.15, -0.1) is 0 Å². The third kappa shape index (κ3) is 14.8. The van der Waals surface area contributed by atoms with Crippen LogP contribution in [0, 0.1) is 25.7 Å². The van der Waals surface area contributed by atoms with Gasteiger partial charge in [-0.05, 0) is 133 Å². The largest absolute Gasteiger partial charge is 0.444 e. The van der Waals surface area contributed by atoms with E-state index in [4.69, 9.17) is 53.4 Å². The molecule has 0 bridgehead atoms. The molecule has 0 spiro atoms. The Morgan fingerprint density at radius 2 is 1.24 bits per heavy atom. The zero-order chi connectivity index (χ0) is 40.1. The fourth-order valence-electron chi connectivity index (χ4n) is 6.75. The van der Waals surface area contributed by atoms with Gasteiger partial charge < -0.3 is 34.5 Å². The number of piperidine rings is 2. The van der Waals surface area contributed by atoms with E-state index < -0.39 is 11.2 Å². The molecule has 12 nitrogen and oxygen atoms in total. The van der Waals surface area contributed by atoms with Gasteiger partial charge >= 0.3 is 12.2 Å². The van der Waals surface area contributed by atoms with Crippen molar-refractivity contribution in [1.82, 2.24) is 9.80 Å². The summed E-state index contributed by atoms with van der Waals surface area (Å²) in [6, 6.07) is 11.6. The summed E-state index contributed by atoms with van der Waals surface area (Å²) in [4.78, 5) is 31.3. The van der Waals surface area contributed by atoms with Crippen molar-refractivity contribution in [3.63, 3.8) is 0 Å². The highest BCUT2D eigenvalue weighted by molar-refractivity contribution is 6.31. The van der Waals surface area contributed by atoms with Gasteiger partial charge in [0, 0.05) is 66.1 Å². The number of amides is 2. The molecule has 2 amide bonds. The number of azide groups is 1. The van der Waals surface area contributed by atoms with E-state index in [1.54, 1.807) is 9.80 Å². The number of rotatable bonds is 11. The van der Waals surface area contributed by atoms with Crippen molar-refractivity contribution in [1.29, 1.82) is 0 Å². The highest BCUT2D eigenvalue weighted by atomic mass is 35.5. The molecule has 4 rings (SSSR count). The smallest absolute Gasteiger partial charge is 0.410 e. The van der Waals surface area contributed by atoms with Crippen LogP contribution in [0.2, 0.25) is 10.0 Å². The number of nitrogens with two attached hydrogens (primary N) is 1. The Hall–Kier alpha value is -3.25. The number of aryl methyl sites for hydroxylation is 2. The van der Waals surface area contributed by atoms with Crippen molar-refractivity contribution >= 4 is 35.4 Å². The molecule has 0 radical (unpaired) electrons. The van der Waals surface area contributed by atoms with Gasteiger partial charge in [-0.25, -0.2) is 9.59 Å². The van der Waals surface area contributed by atoms with Gasteiger partial charge in [-0.1, -0.05) is 40.4 Å². The molecule has 2 aliphatic rings. The summed E-state index contributed by atoms with van der Waals surface area (Å²) in [5, 5.41) is 4.88.